The van der Waals surface area contributed by atoms with Gasteiger partial charge in [-0.25, -0.2) is 0 Å². The highest BCUT2D eigenvalue weighted by molar-refractivity contribution is 6.83. The summed E-state index contributed by atoms with van der Waals surface area (Å²) in [5, 5.41) is 0. The van der Waals surface area contributed by atoms with Crippen molar-refractivity contribution in [3.63, 3.8) is 0 Å². The second-order valence-electron chi connectivity index (χ2n) is 4.45. The van der Waals surface area contributed by atoms with Crippen LogP contribution < -0.4 is 0 Å². The predicted molar refractivity (Wildman–Crippen MR) is 69.7 cm³/mol. The monoisotopic (exact) mass is 226 g/mol. The minimum absolute atomic E-state index is 0.175. The van der Waals surface area contributed by atoms with E-state index in [1.165, 1.54) is 0 Å². The first-order chi connectivity index (χ1) is 7.49. The van der Waals surface area contributed by atoms with Crippen LogP contribution in [0.15, 0.2) is 30.3 Å². The summed E-state index contributed by atoms with van der Waals surface area (Å²) >= 11 is 0. The van der Waals surface area contributed by atoms with E-state index in [-0.39, 0.29) is 5.78 Å². The van der Waals surface area contributed by atoms with E-state index in [1.807, 2.05) is 18.2 Å². The highest BCUT2D eigenvalue weighted by Crippen LogP contribution is 1.98. The Balaban J connectivity index is 2.73. The molecule has 1 rings (SSSR count). The third kappa shape index (κ3) is 4.64. The highest BCUT2D eigenvalue weighted by Gasteiger charge is 2.06. The Morgan fingerprint density at radius 3 is 2.25 bits per heavy atom. The highest BCUT2D eigenvalue weighted by atomic mass is 28.3. The fourth-order valence-electron chi connectivity index (χ4n) is 0.968. The van der Waals surface area contributed by atoms with E-state index >= 15 is 0 Å². The van der Waals surface area contributed by atoms with Crippen molar-refractivity contribution in [3.8, 4) is 23.3 Å². The Bertz CT molecular complexity index is 487. The lowest BCUT2D eigenvalue weighted by Crippen LogP contribution is -2.16. The van der Waals surface area contributed by atoms with Crippen LogP contribution in [-0.4, -0.2) is 13.9 Å². The van der Waals surface area contributed by atoms with E-state index in [0.717, 1.165) is 0 Å². The average molecular weight is 226 g/mol. The third-order valence-corrected chi connectivity index (χ3v) is 2.59. The topological polar surface area (TPSA) is 17.1 Å². The zero-order chi connectivity index (χ0) is 12.0. The number of rotatable bonds is 1. The van der Waals surface area contributed by atoms with Gasteiger partial charge in [0.1, 0.15) is 8.07 Å². The Labute approximate surface area is 97.9 Å². The normalized spacial score (nSPS) is 9.44. The van der Waals surface area contributed by atoms with Gasteiger partial charge >= 0.3 is 0 Å². The molecule has 0 amide bonds. The zero-order valence-corrected chi connectivity index (χ0v) is 10.8. The molecule has 2 heteroatoms. The summed E-state index contributed by atoms with van der Waals surface area (Å²) < 4.78 is 0. The number of carbonyl (C=O) groups is 1. The van der Waals surface area contributed by atoms with E-state index in [9.17, 15) is 4.79 Å². The van der Waals surface area contributed by atoms with Crippen LogP contribution in [0.25, 0.3) is 0 Å². The number of ketones is 1. The number of hydrogen-bond donors (Lipinski definition) is 0. The molecule has 0 N–H and O–H groups in total. The van der Waals surface area contributed by atoms with E-state index in [2.05, 4.69) is 42.9 Å². The van der Waals surface area contributed by atoms with Gasteiger partial charge in [-0.3, -0.25) is 4.79 Å². The van der Waals surface area contributed by atoms with E-state index in [0.29, 0.717) is 5.56 Å². The predicted octanol–water partition coefficient (Wildman–Crippen LogP) is 2.75. The molecule has 80 valence electrons. The molecule has 0 heterocycles. The maximum Gasteiger partial charge on any atom is 0.236 e. The molecule has 0 saturated heterocycles. The Kier molecular flexibility index (Phi) is 4.11. The molecule has 0 bridgehead atoms. The second-order valence-corrected chi connectivity index (χ2v) is 9.20. The minimum atomic E-state index is -1.38. The van der Waals surface area contributed by atoms with E-state index < -0.39 is 8.07 Å². The van der Waals surface area contributed by atoms with Gasteiger partial charge in [0.15, 0.2) is 0 Å². The summed E-state index contributed by atoms with van der Waals surface area (Å²) in [5.41, 5.74) is 3.71. The van der Waals surface area contributed by atoms with Gasteiger partial charge in [-0.15, -0.1) is 5.54 Å². The van der Waals surface area contributed by atoms with Gasteiger partial charge in [0.25, 0.3) is 0 Å². The molecule has 0 aliphatic carbocycles. The van der Waals surface area contributed by atoms with Crippen LogP contribution in [0.3, 0.4) is 0 Å². The summed E-state index contributed by atoms with van der Waals surface area (Å²) in [6, 6.07) is 9.02. The van der Waals surface area contributed by atoms with Gasteiger partial charge in [0.05, 0.1) is 0 Å². The van der Waals surface area contributed by atoms with Crippen molar-refractivity contribution in [2.45, 2.75) is 19.6 Å². The molecule has 0 atom stereocenters. The lowest BCUT2D eigenvalue weighted by molar-refractivity contribution is 0.105. The number of carbonyl (C=O) groups excluding carboxylic acids is 1. The first kappa shape index (κ1) is 12.3. The molecule has 0 saturated carbocycles. The van der Waals surface area contributed by atoms with Gasteiger partial charge in [0.2, 0.25) is 5.78 Å². The lowest BCUT2D eigenvalue weighted by Gasteiger charge is -2.01. The first-order valence-corrected chi connectivity index (χ1v) is 8.61. The third-order valence-electron chi connectivity index (χ3n) is 1.71. The fraction of sp³-hybridized carbons (Fsp3) is 0.214. The van der Waals surface area contributed by atoms with Crippen molar-refractivity contribution < 1.29 is 4.79 Å². The average Bonchev–Trinajstić information content (AvgIpc) is 2.24. The molecule has 16 heavy (non-hydrogen) atoms. The SMILES string of the molecule is C[Si](C)(C)C#CC#CC(=O)c1ccccc1. The number of benzene rings is 1. The first-order valence-electron chi connectivity index (χ1n) is 5.11. The van der Waals surface area contributed by atoms with Crippen molar-refractivity contribution in [1.29, 1.82) is 0 Å². The van der Waals surface area contributed by atoms with Crippen molar-refractivity contribution in [3.05, 3.63) is 35.9 Å². The van der Waals surface area contributed by atoms with E-state index in [1.54, 1.807) is 12.1 Å². The van der Waals surface area contributed by atoms with Crippen LogP contribution in [0.1, 0.15) is 10.4 Å². The zero-order valence-electron chi connectivity index (χ0n) is 9.79. The molecular formula is C14H14OSi. The molecule has 1 nitrogen and oxygen atoms in total. The van der Waals surface area contributed by atoms with Crippen LogP contribution in [-0.2, 0) is 0 Å². The fourth-order valence-corrected chi connectivity index (χ4v) is 1.41. The number of Topliss-reactive ketones (excluding diaryl/α,β-unsaturated/α-hetero) is 1. The largest absolute Gasteiger partial charge is 0.279 e. The molecule has 0 aliphatic rings. The Morgan fingerprint density at radius 1 is 1.06 bits per heavy atom. The smallest absolute Gasteiger partial charge is 0.236 e. The maximum atomic E-state index is 11.5. The quantitative estimate of drug-likeness (QED) is 0.311. The van der Waals surface area contributed by atoms with Crippen LogP contribution in [0.2, 0.25) is 19.6 Å². The summed E-state index contributed by atoms with van der Waals surface area (Å²) in [4.78, 5) is 11.5. The van der Waals surface area contributed by atoms with Crippen molar-refractivity contribution >= 4 is 13.9 Å². The van der Waals surface area contributed by atoms with Crippen molar-refractivity contribution in [2.24, 2.45) is 0 Å². The van der Waals surface area contributed by atoms with Crippen LogP contribution in [0.5, 0.6) is 0 Å². The molecule has 0 spiro atoms. The molecular weight excluding hydrogens is 212 g/mol. The van der Waals surface area contributed by atoms with Crippen LogP contribution >= 0.6 is 0 Å². The summed E-state index contributed by atoms with van der Waals surface area (Å²) in [6.07, 6.45) is 0. The summed E-state index contributed by atoms with van der Waals surface area (Å²) in [6.45, 7) is 6.42. The molecule has 0 unspecified atom stereocenters. The van der Waals surface area contributed by atoms with Crippen LogP contribution in [0.4, 0.5) is 0 Å². The van der Waals surface area contributed by atoms with E-state index in [4.69, 9.17) is 0 Å². The maximum absolute atomic E-state index is 11.5. The summed E-state index contributed by atoms with van der Waals surface area (Å²) in [7, 11) is -1.38. The van der Waals surface area contributed by atoms with Gasteiger partial charge < -0.3 is 0 Å². The minimum Gasteiger partial charge on any atom is -0.279 e. The molecule has 0 fully saturated rings. The lowest BCUT2D eigenvalue weighted by atomic mass is 10.1. The molecule has 0 aliphatic heterocycles. The van der Waals surface area contributed by atoms with Crippen LogP contribution in [0, 0.1) is 23.3 Å². The molecule has 0 radical (unpaired) electrons. The van der Waals surface area contributed by atoms with Crippen molar-refractivity contribution in [2.75, 3.05) is 0 Å². The van der Waals surface area contributed by atoms with Gasteiger partial charge in [-0.2, -0.15) is 0 Å². The second kappa shape index (κ2) is 5.35. The summed E-state index contributed by atoms with van der Waals surface area (Å²) in [5.74, 6) is 7.73. The van der Waals surface area contributed by atoms with Gasteiger partial charge in [0, 0.05) is 5.56 Å². The Hall–Kier alpha value is -1.77. The molecule has 1 aromatic rings. The van der Waals surface area contributed by atoms with Gasteiger partial charge in [-0.1, -0.05) is 50.0 Å². The van der Waals surface area contributed by atoms with Gasteiger partial charge in [-0.05, 0) is 17.8 Å². The number of hydrogen-bond acceptors (Lipinski definition) is 1. The molecule has 0 aromatic heterocycles. The standard InChI is InChI=1S/C14H14OSi/c1-16(2,3)12-8-7-11-14(15)13-9-5-4-6-10-13/h4-6,9-10H,1-3H3. The molecule has 1 aromatic carbocycles. The Morgan fingerprint density at radius 2 is 1.69 bits per heavy atom. The van der Waals surface area contributed by atoms with Crippen molar-refractivity contribution in [1.82, 2.24) is 0 Å².